The van der Waals surface area contributed by atoms with E-state index in [0.29, 0.717) is 12.8 Å². The molecule has 0 spiro atoms. The van der Waals surface area contributed by atoms with Crippen LogP contribution in [0.4, 0.5) is 0 Å². The van der Waals surface area contributed by atoms with Gasteiger partial charge in [-0.2, -0.15) is 0 Å². The second-order valence-corrected chi connectivity index (χ2v) is 23.2. The third kappa shape index (κ3) is 45.5. The summed E-state index contributed by atoms with van der Waals surface area (Å²) in [6, 6.07) is 0. The van der Waals surface area contributed by atoms with Gasteiger partial charge in [-0.1, -0.05) is 298 Å². The molecule has 0 bridgehead atoms. The van der Waals surface area contributed by atoms with Gasteiger partial charge in [0.15, 0.2) is 0 Å². The standard InChI is InChI=1S/C66H130O4/c1-7-13-19-25-31-33-37-45-53-61-65(57-49-41-27-21-15-9-3,58-50-42-28-22-16-10-4)69-63(67)55-47-39-35-36-40-48-56-64(68)70-66(59-51-43-29-23-17-11-5,60-52-44-30-24-18-12-6)62-54-46-38-34-32-26-20-14-8-2/h7-62H2,1-6H3. The molecule has 0 atom stereocenters. The molecule has 0 aliphatic heterocycles. The minimum absolute atomic E-state index is 0.0587. The molecule has 0 saturated carbocycles. The highest BCUT2D eigenvalue weighted by atomic mass is 16.6. The molecule has 4 nitrogen and oxygen atoms in total. The zero-order chi connectivity index (χ0) is 51.2. The topological polar surface area (TPSA) is 52.6 Å². The fourth-order valence-electron chi connectivity index (χ4n) is 11.3. The maximum atomic E-state index is 13.7. The number of carbonyl (C=O) groups excluding carboxylic acids is 2. The van der Waals surface area contributed by atoms with Gasteiger partial charge in [0.2, 0.25) is 0 Å². The molecule has 70 heavy (non-hydrogen) atoms. The van der Waals surface area contributed by atoms with Crippen LogP contribution in [0.5, 0.6) is 0 Å². The Balaban J connectivity index is 5.33. The van der Waals surface area contributed by atoms with Crippen molar-refractivity contribution in [2.75, 3.05) is 0 Å². The number of hydrogen-bond acceptors (Lipinski definition) is 4. The van der Waals surface area contributed by atoms with Crippen LogP contribution in [0.15, 0.2) is 0 Å². The zero-order valence-corrected chi connectivity index (χ0v) is 49.2. The summed E-state index contributed by atoms with van der Waals surface area (Å²) >= 11 is 0. The molecule has 0 aliphatic rings. The number of carbonyl (C=O) groups is 2. The normalized spacial score (nSPS) is 12.0. The molecular formula is C66H130O4. The average Bonchev–Trinajstić information content (AvgIpc) is 3.35. The highest BCUT2D eigenvalue weighted by Crippen LogP contribution is 2.36. The quantitative estimate of drug-likeness (QED) is 0.0450. The fraction of sp³-hybridized carbons (Fsp3) is 0.970. The SMILES string of the molecule is CCCCCCCCCCCC(CCCCCCCC)(CCCCCCCC)OC(=O)CCCCCCCCC(=O)OC(CCCCCCCC)(CCCCCCCC)CCCCCCCCCCC. The molecule has 0 aromatic carbocycles. The molecule has 4 heteroatoms. The Bertz CT molecular complexity index is 939. The first-order chi connectivity index (χ1) is 34.4. The first kappa shape index (κ1) is 68.9. The van der Waals surface area contributed by atoms with E-state index < -0.39 is 0 Å². The van der Waals surface area contributed by atoms with Gasteiger partial charge >= 0.3 is 11.9 Å². The van der Waals surface area contributed by atoms with E-state index in [0.717, 1.165) is 77.0 Å². The number of rotatable bonds is 59. The lowest BCUT2D eigenvalue weighted by Gasteiger charge is -2.34. The Morgan fingerprint density at radius 3 is 0.529 bits per heavy atom. The van der Waals surface area contributed by atoms with Gasteiger partial charge in [-0.25, -0.2) is 0 Å². The lowest BCUT2D eigenvalue weighted by Crippen LogP contribution is -2.35. The Morgan fingerprint density at radius 1 is 0.214 bits per heavy atom. The monoisotopic (exact) mass is 987 g/mol. The van der Waals surface area contributed by atoms with Crippen molar-refractivity contribution in [3.63, 3.8) is 0 Å². The summed E-state index contributed by atoms with van der Waals surface area (Å²) in [6.07, 6.45) is 68.5. The van der Waals surface area contributed by atoms with Crippen LogP contribution in [-0.4, -0.2) is 23.1 Å². The van der Waals surface area contributed by atoms with Crippen molar-refractivity contribution < 1.29 is 19.1 Å². The lowest BCUT2D eigenvalue weighted by atomic mass is 9.84. The minimum atomic E-state index is -0.267. The van der Waals surface area contributed by atoms with Crippen LogP contribution in [0.2, 0.25) is 0 Å². The molecule has 0 unspecified atom stereocenters. The summed E-state index contributed by atoms with van der Waals surface area (Å²) in [5.41, 5.74) is -0.534. The van der Waals surface area contributed by atoms with Gasteiger partial charge in [-0.15, -0.1) is 0 Å². The highest BCUT2D eigenvalue weighted by Gasteiger charge is 2.34. The minimum Gasteiger partial charge on any atom is -0.459 e. The predicted molar refractivity (Wildman–Crippen MR) is 310 cm³/mol. The molecule has 0 aromatic rings. The number of esters is 2. The van der Waals surface area contributed by atoms with E-state index in [1.807, 2.05) is 0 Å². The van der Waals surface area contributed by atoms with Crippen LogP contribution in [-0.2, 0) is 19.1 Å². The van der Waals surface area contributed by atoms with E-state index in [2.05, 4.69) is 41.5 Å². The number of unbranched alkanes of at least 4 members (excludes halogenated alkanes) is 41. The molecule has 0 radical (unpaired) electrons. The van der Waals surface area contributed by atoms with E-state index in [1.165, 1.54) is 270 Å². The summed E-state index contributed by atoms with van der Waals surface area (Å²) in [4.78, 5) is 27.4. The van der Waals surface area contributed by atoms with Crippen molar-refractivity contribution in [2.45, 2.75) is 412 Å². The van der Waals surface area contributed by atoms with Gasteiger partial charge in [0.05, 0.1) is 0 Å². The van der Waals surface area contributed by atoms with Crippen molar-refractivity contribution in [3.8, 4) is 0 Å². The van der Waals surface area contributed by atoms with Gasteiger partial charge < -0.3 is 9.47 Å². The fourth-order valence-corrected chi connectivity index (χ4v) is 11.3. The van der Waals surface area contributed by atoms with Crippen molar-refractivity contribution in [1.29, 1.82) is 0 Å². The lowest BCUT2D eigenvalue weighted by molar-refractivity contribution is -0.164. The number of hydrogen-bond donors (Lipinski definition) is 0. The largest absolute Gasteiger partial charge is 0.459 e. The van der Waals surface area contributed by atoms with Crippen LogP contribution in [0.3, 0.4) is 0 Å². The van der Waals surface area contributed by atoms with Crippen LogP contribution < -0.4 is 0 Å². The predicted octanol–water partition coefficient (Wildman–Crippen LogP) is 23.5. The Kier molecular flexibility index (Phi) is 53.4. The molecule has 0 fully saturated rings. The first-order valence-corrected chi connectivity index (χ1v) is 32.8. The Morgan fingerprint density at radius 2 is 0.357 bits per heavy atom. The average molecular weight is 988 g/mol. The summed E-state index contributed by atoms with van der Waals surface area (Å²) in [7, 11) is 0. The van der Waals surface area contributed by atoms with E-state index in [1.54, 1.807) is 0 Å². The van der Waals surface area contributed by atoms with E-state index in [-0.39, 0.29) is 23.1 Å². The molecule has 0 amide bonds. The van der Waals surface area contributed by atoms with Crippen molar-refractivity contribution in [1.82, 2.24) is 0 Å². The second-order valence-electron chi connectivity index (χ2n) is 23.2. The molecular weight excluding hydrogens is 857 g/mol. The smallest absolute Gasteiger partial charge is 0.306 e. The second kappa shape index (κ2) is 54.2. The van der Waals surface area contributed by atoms with Crippen molar-refractivity contribution >= 4 is 11.9 Å². The molecule has 0 saturated heterocycles. The summed E-state index contributed by atoms with van der Waals surface area (Å²) in [6.45, 7) is 13.8. The Labute approximate surface area is 441 Å². The first-order valence-electron chi connectivity index (χ1n) is 32.8. The summed E-state index contributed by atoms with van der Waals surface area (Å²) < 4.78 is 13.5. The molecule has 418 valence electrons. The Hall–Kier alpha value is -1.06. The van der Waals surface area contributed by atoms with Crippen molar-refractivity contribution in [3.05, 3.63) is 0 Å². The molecule has 0 rings (SSSR count). The number of ether oxygens (including phenoxy) is 2. The van der Waals surface area contributed by atoms with Gasteiger partial charge in [0, 0.05) is 12.8 Å². The molecule has 0 aromatic heterocycles. The molecule has 0 aliphatic carbocycles. The zero-order valence-electron chi connectivity index (χ0n) is 49.2. The maximum Gasteiger partial charge on any atom is 0.306 e. The van der Waals surface area contributed by atoms with Gasteiger partial charge in [0.25, 0.3) is 0 Å². The van der Waals surface area contributed by atoms with Gasteiger partial charge in [0.1, 0.15) is 11.2 Å². The molecule has 0 heterocycles. The van der Waals surface area contributed by atoms with E-state index in [9.17, 15) is 9.59 Å². The highest BCUT2D eigenvalue weighted by molar-refractivity contribution is 5.70. The summed E-state index contributed by atoms with van der Waals surface area (Å²) in [5.74, 6) is 0.117. The van der Waals surface area contributed by atoms with Gasteiger partial charge in [-0.05, 0) is 89.9 Å². The maximum absolute atomic E-state index is 13.7. The van der Waals surface area contributed by atoms with E-state index in [4.69, 9.17) is 9.47 Å². The summed E-state index contributed by atoms with van der Waals surface area (Å²) in [5, 5.41) is 0. The van der Waals surface area contributed by atoms with Crippen molar-refractivity contribution in [2.24, 2.45) is 0 Å². The third-order valence-corrected chi connectivity index (χ3v) is 16.1. The van der Waals surface area contributed by atoms with Crippen LogP contribution in [0.25, 0.3) is 0 Å². The molecule has 0 N–H and O–H groups in total. The van der Waals surface area contributed by atoms with Crippen LogP contribution in [0, 0.1) is 0 Å². The van der Waals surface area contributed by atoms with Crippen LogP contribution >= 0.6 is 0 Å². The van der Waals surface area contributed by atoms with Gasteiger partial charge in [-0.3, -0.25) is 9.59 Å². The third-order valence-electron chi connectivity index (χ3n) is 16.1. The van der Waals surface area contributed by atoms with E-state index >= 15 is 0 Å². The van der Waals surface area contributed by atoms with Crippen LogP contribution in [0.1, 0.15) is 401 Å².